The fourth-order valence-electron chi connectivity index (χ4n) is 4.54. The van der Waals surface area contributed by atoms with E-state index >= 15 is 0 Å². The van der Waals surface area contributed by atoms with Gasteiger partial charge in [0.2, 0.25) is 0 Å². The molecule has 0 saturated heterocycles. The van der Waals surface area contributed by atoms with Crippen LogP contribution in [0.25, 0.3) is 11.0 Å². The largest absolute Gasteiger partial charge is 0.465 e. The Kier molecular flexibility index (Phi) is 4.62. The molecule has 5 rings (SSSR count). The van der Waals surface area contributed by atoms with Gasteiger partial charge >= 0.3 is 5.97 Å². The molecule has 3 heterocycles. The molecule has 2 aliphatic rings. The Hall–Kier alpha value is -3.22. The smallest absolute Gasteiger partial charge is 0.337 e. The van der Waals surface area contributed by atoms with Crippen LogP contribution >= 0.6 is 0 Å². The van der Waals surface area contributed by atoms with E-state index in [2.05, 4.69) is 20.8 Å². The van der Waals surface area contributed by atoms with Crippen LogP contribution in [0, 0.1) is 6.92 Å². The summed E-state index contributed by atoms with van der Waals surface area (Å²) in [5.41, 5.74) is 5.33. The fraction of sp³-hybridized carbons (Fsp3) is 0.440. The van der Waals surface area contributed by atoms with E-state index in [1.165, 1.54) is 7.11 Å². The highest BCUT2D eigenvalue weighted by molar-refractivity contribution is 6.14. The Morgan fingerprint density at radius 3 is 2.56 bits per heavy atom. The minimum atomic E-state index is -0.368. The Morgan fingerprint density at radius 1 is 1.16 bits per heavy atom. The lowest BCUT2D eigenvalue weighted by molar-refractivity contribution is 0.0600. The third-order valence-corrected chi connectivity index (χ3v) is 6.34. The lowest BCUT2D eigenvalue weighted by Gasteiger charge is -2.21. The lowest BCUT2D eigenvalue weighted by Crippen LogP contribution is -2.29. The summed E-state index contributed by atoms with van der Waals surface area (Å²) < 4.78 is 6.78. The average Bonchev–Trinajstić information content (AvgIpc) is 3.44. The van der Waals surface area contributed by atoms with Gasteiger partial charge in [0.15, 0.2) is 5.65 Å². The lowest BCUT2D eigenvalue weighted by atomic mass is 10.0. The van der Waals surface area contributed by atoms with Crippen molar-refractivity contribution >= 4 is 28.6 Å². The second kappa shape index (κ2) is 7.15. The quantitative estimate of drug-likeness (QED) is 0.575. The molecule has 0 spiro atoms. The maximum Gasteiger partial charge on any atom is 0.337 e. The van der Waals surface area contributed by atoms with E-state index in [0.717, 1.165) is 46.5 Å². The number of nitrogens with zero attached hydrogens (tertiary/aromatic N) is 4. The topological polar surface area (TPSA) is 77.3 Å². The maximum atomic E-state index is 13.9. The van der Waals surface area contributed by atoms with Crippen molar-refractivity contribution in [3.05, 3.63) is 52.3 Å². The number of fused-ring (bicyclic) bond motifs is 2. The van der Waals surface area contributed by atoms with E-state index in [1.54, 1.807) is 6.07 Å². The molecule has 32 heavy (non-hydrogen) atoms. The van der Waals surface area contributed by atoms with Crippen molar-refractivity contribution in [3.63, 3.8) is 0 Å². The van der Waals surface area contributed by atoms with Gasteiger partial charge in [-0.3, -0.25) is 4.79 Å². The van der Waals surface area contributed by atoms with Crippen molar-refractivity contribution in [2.24, 2.45) is 0 Å². The van der Waals surface area contributed by atoms with Gasteiger partial charge in [-0.15, -0.1) is 0 Å². The molecular formula is C25H28N4O3. The minimum absolute atomic E-state index is 0.0413. The molecule has 0 unspecified atom stereocenters. The van der Waals surface area contributed by atoms with Crippen molar-refractivity contribution < 1.29 is 14.3 Å². The monoisotopic (exact) mass is 432 g/mol. The predicted molar refractivity (Wildman–Crippen MR) is 122 cm³/mol. The normalized spacial score (nSPS) is 15.8. The number of aryl methyl sites for hydroxylation is 1. The van der Waals surface area contributed by atoms with Crippen LogP contribution in [0.2, 0.25) is 0 Å². The molecule has 166 valence electrons. The number of hydrogen-bond donors (Lipinski definition) is 0. The summed E-state index contributed by atoms with van der Waals surface area (Å²) in [6, 6.07) is 7.37. The number of ether oxygens (including phenoxy) is 1. The maximum absolute atomic E-state index is 13.9. The highest BCUT2D eigenvalue weighted by atomic mass is 16.5. The number of rotatable bonds is 3. The molecule has 1 aliphatic carbocycles. The van der Waals surface area contributed by atoms with Gasteiger partial charge in [-0.05, 0) is 76.8 Å². The number of carbonyl (C=O) groups is 2. The number of amides is 1. The average molecular weight is 433 g/mol. The van der Waals surface area contributed by atoms with Gasteiger partial charge in [-0.25, -0.2) is 14.5 Å². The number of aromatic nitrogens is 3. The van der Waals surface area contributed by atoms with Crippen LogP contribution in [-0.4, -0.2) is 40.3 Å². The van der Waals surface area contributed by atoms with Crippen LogP contribution in [-0.2, 0) is 16.7 Å². The van der Waals surface area contributed by atoms with Crippen LogP contribution < -0.4 is 4.90 Å². The van der Waals surface area contributed by atoms with Crippen molar-refractivity contribution in [1.82, 2.24) is 14.8 Å². The number of hydrogen-bond acceptors (Lipinski definition) is 5. The van der Waals surface area contributed by atoms with E-state index in [-0.39, 0.29) is 17.4 Å². The molecule has 0 radical (unpaired) electrons. The number of pyridine rings is 1. The Balaban J connectivity index is 1.62. The van der Waals surface area contributed by atoms with Crippen molar-refractivity contribution in [2.45, 2.75) is 58.4 Å². The molecule has 0 atom stereocenters. The molecular weight excluding hydrogens is 404 g/mol. The summed E-state index contributed by atoms with van der Waals surface area (Å²) in [5.74, 6) is 0.0104. The first kappa shape index (κ1) is 20.7. The summed E-state index contributed by atoms with van der Waals surface area (Å²) in [5, 5.41) is 5.60. The van der Waals surface area contributed by atoms with Gasteiger partial charge in [-0.1, -0.05) is 0 Å². The number of benzene rings is 1. The SMILES string of the molecule is COC(=O)c1ccc2c(c1)CCN2C(=O)c1cc(C2CC2)nc2c1c(C)nn2C(C)(C)C. The van der Waals surface area contributed by atoms with Crippen LogP contribution in [0.4, 0.5) is 5.69 Å². The van der Waals surface area contributed by atoms with E-state index in [1.807, 2.05) is 34.7 Å². The molecule has 7 heteroatoms. The molecule has 1 amide bonds. The van der Waals surface area contributed by atoms with Gasteiger partial charge in [0.25, 0.3) is 5.91 Å². The molecule has 2 aromatic heterocycles. The second-order valence-electron chi connectivity index (χ2n) is 9.78. The summed E-state index contributed by atoms with van der Waals surface area (Å²) in [6.07, 6.45) is 2.92. The third-order valence-electron chi connectivity index (χ3n) is 6.34. The highest BCUT2D eigenvalue weighted by Gasteiger charge is 2.33. The molecule has 3 aromatic rings. The van der Waals surface area contributed by atoms with E-state index in [9.17, 15) is 9.59 Å². The van der Waals surface area contributed by atoms with E-state index < -0.39 is 0 Å². The zero-order valence-electron chi connectivity index (χ0n) is 19.2. The fourth-order valence-corrected chi connectivity index (χ4v) is 4.54. The summed E-state index contributed by atoms with van der Waals surface area (Å²) in [4.78, 5) is 32.6. The zero-order chi connectivity index (χ0) is 22.8. The Morgan fingerprint density at radius 2 is 1.91 bits per heavy atom. The number of methoxy groups -OCH3 is 1. The van der Waals surface area contributed by atoms with Gasteiger partial charge < -0.3 is 9.64 Å². The predicted octanol–water partition coefficient (Wildman–Crippen LogP) is 4.36. The van der Waals surface area contributed by atoms with E-state index in [0.29, 0.717) is 30.0 Å². The third kappa shape index (κ3) is 3.27. The number of anilines is 1. The van der Waals surface area contributed by atoms with Crippen molar-refractivity contribution in [2.75, 3.05) is 18.6 Å². The molecule has 1 aromatic carbocycles. The molecule has 1 aliphatic heterocycles. The molecule has 1 fully saturated rings. The van der Waals surface area contributed by atoms with E-state index in [4.69, 9.17) is 14.8 Å². The molecule has 1 saturated carbocycles. The second-order valence-corrected chi connectivity index (χ2v) is 9.78. The van der Waals surface area contributed by atoms with Crippen LogP contribution in [0.1, 0.15) is 77.2 Å². The molecule has 0 N–H and O–H groups in total. The minimum Gasteiger partial charge on any atom is -0.465 e. The molecule has 0 bridgehead atoms. The van der Waals surface area contributed by atoms with Crippen LogP contribution in [0.15, 0.2) is 24.3 Å². The Labute approximate surface area is 187 Å². The first-order chi connectivity index (χ1) is 15.2. The summed E-state index contributed by atoms with van der Waals surface area (Å²) in [7, 11) is 1.37. The van der Waals surface area contributed by atoms with Crippen LogP contribution in [0.3, 0.4) is 0 Å². The first-order valence-electron chi connectivity index (χ1n) is 11.1. The number of esters is 1. The number of carbonyl (C=O) groups excluding carboxylic acids is 2. The van der Waals surface area contributed by atoms with Gasteiger partial charge in [0.05, 0.1) is 34.9 Å². The standard InChI is InChI=1S/C25H28N4O3/c1-14-21-18(13-19(15-6-7-15)26-22(21)29(27-14)25(2,3)4)23(30)28-11-10-16-12-17(24(31)32-5)8-9-20(16)28/h8-9,12-13,15H,6-7,10-11H2,1-5H3. The zero-order valence-corrected chi connectivity index (χ0v) is 19.2. The Bertz CT molecular complexity index is 1260. The van der Waals surface area contributed by atoms with Gasteiger partial charge in [0.1, 0.15) is 0 Å². The highest BCUT2D eigenvalue weighted by Crippen LogP contribution is 2.41. The summed E-state index contributed by atoms with van der Waals surface area (Å²) >= 11 is 0. The van der Waals surface area contributed by atoms with Crippen molar-refractivity contribution in [3.8, 4) is 0 Å². The first-order valence-corrected chi connectivity index (χ1v) is 11.1. The molecule has 7 nitrogen and oxygen atoms in total. The van der Waals surface area contributed by atoms with Gasteiger partial charge in [0, 0.05) is 23.8 Å². The van der Waals surface area contributed by atoms with Gasteiger partial charge in [-0.2, -0.15) is 5.10 Å². The summed E-state index contributed by atoms with van der Waals surface area (Å²) in [6.45, 7) is 8.82. The van der Waals surface area contributed by atoms with Crippen molar-refractivity contribution in [1.29, 1.82) is 0 Å². The van der Waals surface area contributed by atoms with Crippen LogP contribution in [0.5, 0.6) is 0 Å².